The number of halogens is 2. The number of benzene rings is 1. The van der Waals surface area contributed by atoms with Crippen molar-refractivity contribution in [1.82, 2.24) is 0 Å². The van der Waals surface area contributed by atoms with E-state index in [1.165, 1.54) is 18.2 Å². The first-order chi connectivity index (χ1) is 7.04. The zero-order valence-electron chi connectivity index (χ0n) is 8.89. The van der Waals surface area contributed by atoms with Gasteiger partial charge in [-0.1, -0.05) is 25.4 Å². The molecule has 0 fully saturated rings. The van der Waals surface area contributed by atoms with Gasteiger partial charge >= 0.3 is 0 Å². The van der Waals surface area contributed by atoms with Crippen LogP contribution in [0, 0.1) is 11.7 Å². The SMILES string of the molecule is CCC(C)C(=O)Cc1cc(F)ccc1Cl. The number of carbonyl (C=O) groups excluding carboxylic acids is 1. The van der Waals surface area contributed by atoms with Crippen molar-refractivity contribution < 1.29 is 9.18 Å². The summed E-state index contributed by atoms with van der Waals surface area (Å²) in [5.41, 5.74) is 0.571. The van der Waals surface area contributed by atoms with Crippen LogP contribution in [-0.2, 0) is 11.2 Å². The summed E-state index contributed by atoms with van der Waals surface area (Å²) in [6.45, 7) is 3.82. The number of carbonyl (C=O) groups is 1. The van der Waals surface area contributed by atoms with Crippen LogP contribution < -0.4 is 0 Å². The molecular weight excluding hydrogens is 215 g/mol. The van der Waals surface area contributed by atoms with Gasteiger partial charge in [-0.15, -0.1) is 0 Å². The van der Waals surface area contributed by atoms with Crippen LogP contribution >= 0.6 is 11.6 Å². The highest BCUT2D eigenvalue weighted by atomic mass is 35.5. The monoisotopic (exact) mass is 228 g/mol. The van der Waals surface area contributed by atoms with E-state index in [4.69, 9.17) is 11.6 Å². The highest BCUT2D eigenvalue weighted by molar-refractivity contribution is 6.31. The molecule has 0 spiro atoms. The second kappa shape index (κ2) is 5.26. The number of hydrogen-bond acceptors (Lipinski definition) is 1. The summed E-state index contributed by atoms with van der Waals surface area (Å²) in [5.74, 6) is -0.249. The lowest BCUT2D eigenvalue weighted by Gasteiger charge is -2.08. The van der Waals surface area contributed by atoms with Gasteiger partial charge in [0.1, 0.15) is 11.6 Å². The van der Waals surface area contributed by atoms with E-state index >= 15 is 0 Å². The van der Waals surface area contributed by atoms with Crippen LogP contribution in [0.2, 0.25) is 5.02 Å². The van der Waals surface area contributed by atoms with Gasteiger partial charge in [-0.2, -0.15) is 0 Å². The summed E-state index contributed by atoms with van der Waals surface area (Å²) in [7, 11) is 0. The largest absolute Gasteiger partial charge is 0.299 e. The molecule has 1 aromatic rings. The molecule has 0 N–H and O–H groups in total. The third kappa shape index (κ3) is 3.31. The Morgan fingerprint density at radius 2 is 2.20 bits per heavy atom. The molecule has 1 unspecified atom stereocenters. The van der Waals surface area contributed by atoms with Crippen LogP contribution in [0.15, 0.2) is 18.2 Å². The normalized spacial score (nSPS) is 12.5. The van der Waals surface area contributed by atoms with Gasteiger partial charge in [-0.05, 0) is 30.2 Å². The number of rotatable bonds is 4. The molecule has 1 aromatic carbocycles. The molecule has 15 heavy (non-hydrogen) atoms. The zero-order chi connectivity index (χ0) is 11.4. The first-order valence-electron chi connectivity index (χ1n) is 5.01. The number of ketones is 1. The first kappa shape index (κ1) is 12.2. The number of hydrogen-bond donors (Lipinski definition) is 0. The maximum absolute atomic E-state index is 12.9. The van der Waals surface area contributed by atoms with Crippen molar-refractivity contribution in [1.29, 1.82) is 0 Å². The number of Topliss-reactive ketones (excluding diaryl/α,β-unsaturated/α-hetero) is 1. The summed E-state index contributed by atoms with van der Waals surface area (Å²) in [6, 6.07) is 4.10. The summed E-state index contributed by atoms with van der Waals surface area (Å²) < 4.78 is 12.9. The molecule has 1 rings (SSSR count). The Balaban J connectivity index is 2.80. The van der Waals surface area contributed by atoms with E-state index in [1.54, 1.807) is 0 Å². The maximum Gasteiger partial charge on any atom is 0.140 e. The minimum atomic E-state index is -0.355. The van der Waals surface area contributed by atoms with Gasteiger partial charge < -0.3 is 0 Å². The highest BCUT2D eigenvalue weighted by Crippen LogP contribution is 2.19. The molecule has 0 saturated carbocycles. The summed E-state index contributed by atoms with van der Waals surface area (Å²) >= 11 is 5.87. The van der Waals surface area contributed by atoms with Gasteiger partial charge in [-0.25, -0.2) is 4.39 Å². The second-order valence-electron chi connectivity index (χ2n) is 3.69. The van der Waals surface area contributed by atoms with Gasteiger partial charge in [0.05, 0.1) is 0 Å². The van der Waals surface area contributed by atoms with Crippen LogP contribution in [0.4, 0.5) is 4.39 Å². The fraction of sp³-hybridized carbons (Fsp3) is 0.417. The standard InChI is InChI=1S/C12H14ClFO/c1-3-8(2)12(15)7-9-6-10(14)4-5-11(9)13/h4-6,8H,3,7H2,1-2H3. The molecule has 1 atom stereocenters. The van der Waals surface area contributed by atoms with Crippen LogP contribution in [0.3, 0.4) is 0 Å². The van der Waals surface area contributed by atoms with Crippen LogP contribution in [0.1, 0.15) is 25.8 Å². The van der Waals surface area contributed by atoms with Crippen molar-refractivity contribution in [2.75, 3.05) is 0 Å². The van der Waals surface area contributed by atoms with Gasteiger partial charge in [0.15, 0.2) is 0 Å². The zero-order valence-corrected chi connectivity index (χ0v) is 9.64. The lowest BCUT2D eigenvalue weighted by Crippen LogP contribution is -2.13. The van der Waals surface area contributed by atoms with Gasteiger partial charge in [-0.3, -0.25) is 4.79 Å². The summed E-state index contributed by atoms with van der Waals surface area (Å²) in [6.07, 6.45) is 1.01. The second-order valence-corrected chi connectivity index (χ2v) is 4.10. The average molecular weight is 229 g/mol. The van der Waals surface area contributed by atoms with Crippen molar-refractivity contribution in [2.45, 2.75) is 26.7 Å². The van der Waals surface area contributed by atoms with Gasteiger partial charge in [0, 0.05) is 17.4 Å². The van der Waals surface area contributed by atoms with E-state index in [9.17, 15) is 9.18 Å². The topological polar surface area (TPSA) is 17.1 Å². The quantitative estimate of drug-likeness (QED) is 0.769. The molecule has 0 aliphatic carbocycles. The maximum atomic E-state index is 12.9. The smallest absolute Gasteiger partial charge is 0.140 e. The Hall–Kier alpha value is -0.890. The van der Waals surface area contributed by atoms with E-state index in [-0.39, 0.29) is 23.9 Å². The molecule has 0 aromatic heterocycles. The first-order valence-corrected chi connectivity index (χ1v) is 5.39. The van der Waals surface area contributed by atoms with Crippen molar-refractivity contribution >= 4 is 17.4 Å². The van der Waals surface area contributed by atoms with E-state index in [2.05, 4.69) is 0 Å². The van der Waals surface area contributed by atoms with Crippen molar-refractivity contribution in [3.63, 3.8) is 0 Å². The summed E-state index contributed by atoms with van der Waals surface area (Å²) in [5, 5.41) is 0.452. The molecule has 0 aliphatic rings. The Kier molecular flexibility index (Phi) is 4.28. The van der Waals surface area contributed by atoms with Gasteiger partial charge in [0.2, 0.25) is 0 Å². The molecule has 82 valence electrons. The van der Waals surface area contributed by atoms with E-state index < -0.39 is 0 Å². The minimum absolute atomic E-state index is 0.00401. The Morgan fingerprint density at radius 1 is 1.53 bits per heavy atom. The third-order valence-electron chi connectivity index (χ3n) is 2.53. The Labute approximate surface area is 94.3 Å². The molecule has 0 heterocycles. The average Bonchev–Trinajstić information content (AvgIpc) is 2.22. The minimum Gasteiger partial charge on any atom is -0.299 e. The molecule has 0 aliphatic heterocycles. The Bertz CT molecular complexity index is 363. The molecule has 0 saturated heterocycles. The Morgan fingerprint density at radius 3 is 2.80 bits per heavy atom. The van der Waals surface area contributed by atoms with Crippen molar-refractivity contribution in [3.05, 3.63) is 34.6 Å². The lowest BCUT2D eigenvalue weighted by molar-refractivity contribution is -0.121. The summed E-state index contributed by atoms with van der Waals surface area (Å²) in [4.78, 5) is 11.6. The van der Waals surface area contributed by atoms with E-state index in [1.807, 2.05) is 13.8 Å². The van der Waals surface area contributed by atoms with Crippen molar-refractivity contribution in [3.8, 4) is 0 Å². The molecule has 1 nitrogen and oxygen atoms in total. The van der Waals surface area contributed by atoms with Crippen molar-refractivity contribution in [2.24, 2.45) is 5.92 Å². The molecular formula is C12H14ClFO. The molecule has 0 bridgehead atoms. The van der Waals surface area contributed by atoms with Crippen LogP contribution in [0.5, 0.6) is 0 Å². The van der Waals surface area contributed by atoms with Gasteiger partial charge in [0.25, 0.3) is 0 Å². The molecule has 0 amide bonds. The van der Waals surface area contributed by atoms with E-state index in [0.29, 0.717) is 10.6 Å². The lowest BCUT2D eigenvalue weighted by atomic mass is 9.97. The predicted octanol–water partition coefficient (Wildman–Crippen LogP) is 3.64. The third-order valence-corrected chi connectivity index (χ3v) is 2.90. The van der Waals surface area contributed by atoms with Crippen LogP contribution in [-0.4, -0.2) is 5.78 Å². The predicted molar refractivity (Wildman–Crippen MR) is 59.6 cm³/mol. The highest BCUT2D eigenvalue weighted by Gasteiger charge is 2.13. The molecule has 0 radical (unpaired) electrons. The van der Waals surface area contributed by atoms with Crippen LogP contribution in [0.25, 0.3) is 0 Å². The molecule has 3 heteroatoms. The fourth-order valence-corrected chi connectivity index (χ4v) is 1.45. The van der Waals surface area contributed by atoms with E-state index in [0.717, 1.165) is 6.42 Å². The fourth-order valence-electron chi connectivity index (χ4n) is 1.27.